The van der Waals surface area contributed by atoms with Gasteiger partial charge in [-0.25, -0.2) is 0 Å². The zero-order valence-corrected chi connectivity index (χ0v) is 8.27. The van der Waals surface area contributed by atoms with Crippen LogP contribution in [-0.2, 0) is 0 Å². The first-order valence-corrected chi connectivity index (χ1v) is 4.98. The van der Waals surface area contributed by atoms with Crippen molar-refractivity contribution in [2.75, 3.05) is 19.6 Å². The lowest BCUT2D eigenvalue weighted by atomic mass is 9.88. The molecule has 1 saturated heterocycles. The molecule has 1 heteroatoms. The minimum Gasteiger partial charge on any atom is -0.303 e. The molecule has 2 atom stereocenters. The quantitative estimate of drug-likeness (QED) is 0.661. The van der Waals surface area contributed by atoms with Crippen molar-refractivity contribution in [3.63, 3.8) is 0 Å². The number of nitrogens with zero attached hydrogens (tertiary/aromatic N) is 1. The Morgan fingerprint density at radius 3 is 3.38 bits per heavy atom. The van der Waals surface area contributed by atoms with Gasteiger partial charge in [0.2, 0.25) is 0 Å². The summed E-state index contributed by atoms with van der Waals surface area (Å²) in [5, 5.41) is 0. The van der Waals surface area contributed by atoms with E-state index in [0.29, 0.717) is 13.0 Å². The van der Waals surface area contributed by atoms with Crippen molar-refractivity contribution in [3.8, 4) is 0 Å². The maximum absolute atomic E-state index is 8.27. The van der Waals surface area contributed by atoms with Gasteiger partial charge in [-0.3, -0.25) is 0 Å². The molecule has 1 heterocycles. The summed E-state index contributed by atoms with van der Waals surface area (Å²) in [5.41, 5.74) is 0. The Labute approximate surface area is 96.2 Å². The Bertz CT molecular complexity index is 376. The fraction of sp³-hybridized carbons (Fsp3) is 1.00. The van der Waals surface area contributed by atoms with Crippen LogP contribution in [0.2, 0.25) is 0 Å². The third kappa shape index (κ3) is 3.68. The Morgan fingerprint density at radius 2 is 2.69 bits per heavy atom. The summed E-state index contributed by atoms with van der Waals surface area (Å²) < 4.78 is 68.7. The van der Waals surface area contributed by atoms with Crippen molar-refractivity contribution >= 4 is 0 Å². The normalized spacial score (nSPS) is 43.2. The molecule has 0 radical (unpaired) electrons. The molecule has 78 valence electrons. The molecule has 0 N–H and O–H groups in total. The zero-order chi connectivity index (χ0) is 17.4. The molecule has 1 nitrogen and oxygen atoms in total. The van der Waals surface area contributed by atoms with Crippen molar-refractivity contribution in [1.82, 2.24) is 4.90 Å². The van der Waals surface area contributed by atoms with Gasteiger partial charge in [0.05, 0.1) is 0 Å². The second kappa shape index (κ2) is 5.64. The molecule has 0 bridgehead atoms. The monoisotopic (exact) mass is 192 g/mol. The van der Waals surface area contributed by atoms with Crippen molar-refractivity contribution < 1.29 is 12.3 Å². The van der Waals surface area contributed by atoms with Crippen LogP contribution in [0.4, 0.5) is 0 Å². The Morgan fingerprint density at radius 1 is 1.77 bits per heavy atom. The van der Waals surface area contributed by atoms with E-state index in [-0.39, 0.29) is 12.3 Å². The first-order valence-electron chi connectivity index (χ1n) is 9.48. The van der Waals surface area contributed by atoms with Crippen LogP contribution in [0.5, 0.6) is 0 Å². The van der Waals surface area contributed by atoms with E-state index in [0.717, 1.165) is 19.5 Å². The highest BCUT2D eigenvalue weighted by Gasteiger charge is 2.19. The second-order valence-corrected chi connectivity index (χ2v) is 3.71. The molecular weight excluding hydrogens is 158 g/mol. The molecule has 0 aromatic heterocycles. The summed E-state index contributed by atoms with van der Waals surface area (Å²) >= 11 is 0. The van der Waals surface area contributed by atoms with Crippen LogP contribution in [-0.4, -0.2) is 24.5 Å². The Kier molecular flexibility index (Phi) is 1.67. The van der Waals surface area contributed by atoms with Crippen LogP contribution in [0.15, 0.2) is 0 Å². The number of hydrogen-bond donors (Lipinski definition) is 0. The van der Waals surface area contributed by atoms with Crippen LogP contribution < -0.4 is 0 Å². The maximum atomic E-state index is 8.27. The van der Waals surface area contributed by atoms with E-state index in [2.05, 4.69) is 4.90 Å². The molecule has 2 unspecified atom stereocenters. The predicted octanol–water partition coefficient (Wildman–Crippen LogP) is 3.15. The van der Waals surface area contributed by atoms with E-state index in [1.165, 1.54) is 0 Å². The highest BCUT2D eigenvalue weighted by atomic mass is 15.1. The molecule has 0 aromatic rings. The standard InChI is InChI=1S/C12H25N/c1-4-11(3)9-12-7-6-8-13(5-2)10-12/h11-12H,4-10H2,1-3H3/i1D3,3D3,4D2,11D. The van der Waals surface area contributed by atoms with Crippen LogP contribution in [0.25, 0.3) is 0 Å². The SMILES string of the molecule is [2H]C([2H])([2H])C([2H])([2H])C([2H])(CC1CCCN(CC)C1)C([2H])([2H])[2H]. The lowest BCUT2D eigenvalue weighted by Crippen LogP contribution is -2.35. The second-order valence-electron chi connectivity index (χ2n) is 3.71. The van der Waals surface area contributed by atoms with Gasteiger partial charge in [-0.2, -0.15) is 0 Å². The summed E-state index contributed by atoms with van der Waals surface area (Å²) in [6.45, 7) is -1.87. The van der Waals surface area contributed by atoms with Gasteiger partial charge in [-0.15, -0.1) is 0 Å². The van der Waals surface area contributed by atoms with E-state index in [4.69, 9.17) is 12.3 Å². The van der Waals surface area contributed by atoms with Crippen LogP contribution in [0.3, 0.4) is 0 Å². The van der Waals surface area contributed by atoms with Gasteiger partial charge >= 0.3 is 0 Å². The van der Waals surface area contributed by atoms with E-state index in [9.17, 15) is 0 Å². The smallest absolute Gasteiger partial charge is 0.0300 e. The summed E-state index contributed by atoms with van der Waals surface area (Å²) in [5.74, 6) is -2.82. The van der Waals surface area contributed by atoms with E-state index >= 15 is 0 Å². The lowest BCUT2D eigenvalue weighted by Gasteiger charge is -2.33. The Balaban J connectivity index is 3.09. The van der Waals surface area contributed by atoms with Crippen LogP contribution in [0.1, 0.15) is 58.6 Å². The van der Waals surface area contributed by atoms with Gasteiger partial charge in [-0.1, -0.05) is 27.0 Å². The largest absolute Gasteiger partial charge is 0.303 e. The zero-order valence-electron chi connectivity index (χ0n) is 17.3. The maximum Gasteiger partial charge on any atom is 0.0300 e. The van der Waals surface area contributed by atoms with E-state index < -0.39 is 26.0 Å². The minimum atomic E-state index is -3.15. The highest BCUT2D eigenvalue weighted by molar-refractivity contribution is 4.73. The predicted molar refractivity (Wildman–Crippen MR) is 58.9 cm³/mol. The number of hydrogen-bond acceptors (Lipinski definition) is 1. The number of piperidine rings is 1. The van der Waals surface area contributed by atoms with E-state index in [1.807, 2.05) is 6.92 Å². The molecule has 0 amide bonds. The van der Waals surface area contributed by atoms with Gasteiger partial charge in [0.1, 0.15) is 0 Å². The van der Waals surface area contributed by atoms with Gasteiger partial charge < -0.3 is 4.90 Å². The summed E-state index contributed by atoms with van der Waals surface area (Å²) in [7, 11) is 0. The molecule has 0 aliphatic carbocycles. The molecule has 13 heavy (non-hydrogen) atoms. The van der Waals surface area contributed by atoms with Crippen molar-refractivity contribution in [2.24, 2.45) is 11.8 Å². The van der Waals surface area contributed by atoms with Crippen LogP contribution in [0, 0.1) is 11.8 Å². The van der Waals surface area contributed by atoms with Gasteiger partial charge in [0.15, 0.2) is 0 Å². The van der Waals surface area contributed by atoms with Gasteiger partial charge in [0, 0.05) is 18.9 Å². The fourth-order valence-electron chi connectivity index (χ4n) is 1.94. The molecule has 1 aliphatic rings. The topological polar surface area (TPSA) is 3.24 Å². The minimum absolute atomic E-state index is 0.177. The third-order valence-electron chi connectivity index (χ3n) is 2.69. The first-order chi connectivity index (χ1) is 9.76. The number of rotatable bonds is 4. The third-order valence-corrected chi connectivity index (χ3v) is 2.69. The molecule has 0 aromatic carbocycles. The number of likely N-dealkylation sites (tertiary alicyclic amines) is 1. The van der Waals surface area contributed by atoms with E-state index in [1.54, 1.807) is 0 Å². The molecule has 0 spiro atoms. The molecular formula is C12H25N. The molecule has 0 saturated carbocycles. The van der Waals surface area contributed by atoms with Gasteiger partial charge in [0.25, 0.3) is 0 Å². The average Bonchev–Trinajstić information content (AvgIpc) is 2.36. The van der Waals surface area contributed by atoms with Crippen molar-refractivity contribution in [2.45, 2.75) is 46.3 Å². The Hall–Kier alpha value is -0.0400. The van der Waals surface area contributed by atoms with Crippen LogP contribution >= 0.6 is 0 Å². The molecule has 1 aliphatic heterocycles. The fourth-order valence-corrected chi connectivity index (χ4v) is 1.94. The lowest BCUT2D eigenvalue weighted by molar-refractivity contribution is 0.163. The highest BCUT2D eigenvalue weighted by Crippen LogP contribution is 2.24. The van der Waals surface area contributed by atoms with Crippen molar-refractivity contribution in [3.05, 3.63) is 0 Å². The summed E-state index contributed by atoms with van der Waals surface area (Å²) in [6.07, 6.45) is -1.82. The molecule has 1 rings (SSSR count). The molecule has 1 fully saturated rings. The van der Waals surface area contributed by atoms with Gasteiger partial charge in [-0.05, 0) is 44.2 Å². The average molecular weight is 192 g/mol. The first kappa shape index (κ1) is 3.84. The summed E-state index contributed by atoms with van der Waals surface area (Å²) in [4.78, 5) is 2.12. The van der Waals surface area contributed by atoms with Crippen molar-refractivity contribution in [1.29, 1.82) is 0 Å². The summed E-state index contributed by atoms with van der Waals surface area (Å²) in [6, 6.07) is 0.